The van der Waals surface area contributed by atoms with E-state index < -0.39 is 6.10 Å². The summed E-state index contributed by atoms with van der Waals surface area (Å²) in [6, 6.07) is 7.44. The van der Waals surface area contributed by atoms with Crippen LogP contribution in [0, 0.1) is 0 Å². The molecule has 0 aromatic heterocycles. The molecule has 0 amide bonds. The molecule has 4 heteroatoms. The lowest BCUT2D eigenvalue weighted by atomic mass is 10.1. The normalized spacial score (nSPS) is 27.1. The van der Waals surface area contributed by atoms with Crippen molar-refractivity contribution in [2.75, 3.05) is 25.4 Å². The van der Waals surface area contributed by atoms with Gasteiger partial charge >= 0.3 is 0 Å². The summed E-state index contributed by atoms with van der Waals surface area (Å²) in [5, 5.41) is 10.2. The molecule has 1 aromatic carbocycles. The largest absolute Gasteiger partial charge is 0.399 e. The van der Waals surface area contributed by atoms with Gasteiger partial charge in [0.15, 0.2) is 0 Å². The van der Waals surface area contributed by atoms with Crippen LogP contribution in [0.4, 0.5) is 5.69 Å². The Labute approximate surface area is 108 Å². The maximum Gasteiger partial charge on any atom is 0.0917 e. The SMILES string of the molecule is CC1CN(CC(O)c2cccc(N)c2)CC(C)O1. The summed E-state index contributed by atoms with van der Waals surface area (Å²) in [6.07, 6.45) is -0.0467. The second-order valence-corrected chi connectivity index (χ2v) is 5.16. The Morgan fingerprint density at radius 1 is 1.39 bits per heavy atom. The first-order chi connectivity index (χ1) is 8.54. The van der Waals surface area contributed by atoms with E-state index in [2.05, 4.69) is 18.7 Å². The van der Waals surface area contributed by atoms with E-state index in [1.54, 1.807) is 0 Å². The molecule has 0 bridgehead atoms. The van der Waals surface area contributed by atoms with Crippen molar-refractivity contribution in [1.82, 2.24) is 4.90 Å². The van der Waals surface area contributed by atoms with E-state index in [-0.39, 0.29) is 12.2 Å². The predicted octanol–water partition coefficient (Wildman–Crippen LogP) is 1.41. The molecule has 1 saturated heterocycles. The summed E-state index contributed by atoms with van der Waals surface area (Å²) in [4.78, 5) is 2.24. The Morgan fingerprint density at radius 2 is 2.06 bits per heavy atom. The Bertz CT molecular complexity index is 387. The van der Waals surface area contributed by atoms with Crippen LogP contribution >= 0.6 is 0 Å². The number of hydrogen-bond acceptors (Lipinski definition) is 4. The molecule has 1 aliphatic rings. The van der Waals surface area contributed by atoms with Gasteiger partial charge in [0.05, 0.1) is 18.3 Å². The highest BCUT2D eigenvalue weighted by atomic mass is 16.5. The first-order valence-corrected chi connectivity index (χ1v) is 6.46. The summed E-state index contributed by atoms with van der Waals surface area (Å²) >= 11 is 0. The minimum Gasteiger partial charge on any atom is -0.399 e. The van der Waals surface area contributed by atoms with Gasteiger partial charge in [0.1, 0.15) is 0 Å². The number of rotatable bonds is 3. The average Bonchev–Trinajstić information content (AvgIpc) is 2.27. The summed E-state index contributed by atoms with van der Waals surface area (Å²) in [7, 11) is 0. The standard InChI is InChI=1S/C14H22N2O2/c1-10-7-16(8-11(2)18-10)9-14(17)12-4-3-5-13(15)6-12/h3-6,10-11,14,17H,7-9,15H2,1-2H3. The molecule has 1 heterocycles. The highest BCUT2D eigenvalue weighted by Gasteiger charge is 2.24. The van der Waals surface area contributed by atoms with E-state index >= 15 is 0 Å². The third-order valence-corrected chi connectivity index (χ3v) is 3.22. The zero-order valence-electron chi connectivity index (χ0n) is 11.0. The molecule has 3 N–H and O–H groups in total. The van der Waals surface area contributed by atoms with E-state index in [0.29, 0.717) is 12.2 Å². The zero-order chi connectivity index (χ0) is 13.1. The number of nitrogens with zero attached hydrogens (tertiary/aromatic N) is 1. The van der Waals surface area contributed by atoms with Gasteiger partial charge in [0.25, 0.3) is 0 Å². The van der Waals surface area contributed by atoms with Crippen LogP contribution in [-0.4, -0.2) is 41.8 Å². The monoisotopic (exact) mass is 250 g/mol. The lowest BCUT2D eigenvalue weighted by molar-refractivity contribution is -0.0767. The van der Waals surface area contributed by atoms with Crippen molar-refractivity contribution in [3.63, 3.8) is 0 Å². The molecular weight excluding hydrogens is 228 g/mol. The molecule has 100 valence electrons. The molecule has 0 saturated carbocycles. The molecule has 0 spiro atoms. The van der Waals surface area contributed by atoms with Crippen molar-refractivity contribution >= 4 is 5.69 Å². The molecule has 1 fully saturated rings. The summed E-state index contributed by atoms with van der Waals surface area (Å²) < 4.78 is 5.68. The molecular formula is C14H22N2O2. The van der Waals surface area contributed by atoms with Gasteiger partial charge < -0.3 is 15.6 Å². The van der Waals surface area contributed by atoms with Gasteiger partial charge in [0.2, 0.25) is 0 Å². The van der Waals surface area contributed by atoms with Crippen LogP contribution in [0.2, 0.25) is 0 Å². The number of nitrogens with two attached hydrogens (primary N) is 1. The molecule has 2 rings (SSSR count). The van der Waals surface area contributed by atoms with Gasteiger partial charge in [-0.05, 0) is 31.5 Å². The first kappa shape index (κ1) is 13.3. The van der Waals surface area contributed by atoms with Crippen molar-refractivity contribution in [1.29, 1.82) is 0 Å². The lowest BCUT2D eigenvalue weighted by Crippen LogP contribution is -2.46. The predicted molar refractivity (Wildman–Crippen MR) is 72.3 cm³/mol. The third kappa shape index (κ3) is 3.45. The molecule has 3 unspecified atom stereocenters. The highest BCUT2D eigenvalue weighted by Crippen LogP contribution is 2.19. The number of morpholine rings is 1. The van der Waals surface area contributed by atoms with Crippen LogP contribution in [0.1, 0.15) is 25.5 Å². The van der Waals surface area contributed by atoms with E-state index in [1.807, 2.05) is 24.3 Å². The third-order valence-electron chi connectivity index (χ3n) is 3.22. The van der Waals surface area contributed by atoms with Gasteiger partial charge in [-0.1, -0.05) is 12.1 Å². The van der Waals surface area contributed by atoms with Crippen molar-refractivity contribution in [3.05, 3.63) is 29.8 Å². The fourth-order valence-corrected chi connectivity index (χ4v) is 2.55. The fraction of sp³-hybridized carbons (Fsp3) is 0.571. The van der Waals surface area contributed by atoms with Crippen LogP contribution in [0.25, 0.3) is 0 Å². The van der Waals surface area contributed by atoms with Crippen LogP contribution < -0.4 is 5.73 Å². The molecule has 3 atom stereocenters. The number of hydrogen-bond donors (Lipinski definition) is 2. The van der Waals surface area contributed by atoms with Gasteiger partial charge in [-0.15, -0.1) is 0 Å². The van der Waals surface area contributed by atoms with Crippen LogP contribution in [0.5, 0.6) is 0 Å². The number of β-amino-alcohol motifs (C(OH)–C–C–N with tert-alkyl or cyclic N) is 1. The Morgan fingerprint density at radius 3 is 2.67 bits per heavy atom. The average molecular weight is 250 g/mol. The van der Waals surface area contributed by atoms with Crippen LogP contribution in [-0.2, 0) is 4.74 Å². The summed E-state index contributed by atoms with van der Waals surface area (Å²) in [5.74, 6) is 0. The zero-order valence-corrected chi connectivity index (χ0v) is 11.0. The minimum atomic E-state index is -0.494. The highest BCUT2D eigenvalue weighted by molar-refractivity contribution is 5.41. The lowest BCUT2D eigenvalue weighted by Gasteiger charge is -2.36. The number of aliphatic hydroxyl groups excluding tert-OH is 1. The quantitative estimate of drug-likeness (QED) is 0.796. The molecule has 4 nitrogen and oxygen atoms in total. The second kappa shape index (κ2) is 5.69. The summed E-state index contributed by atoms with van der Waals surface area (Å²) in [5.41, 5.74) is 7.30. The Balaban J connectivity index is 1.96. The fourth-order valence-electron chi connectivity index (χ4n) is 2.55. The molecule has 18 heavy (non-hydrogen) atoms. The van der Waals surface area contributed by atoms with E-state index in [1.165, 1.54) is 0 Å². The van der Waals surface area contributed by atoms with Crippen molar-refractivity contribution in [2.45, 2.75) is 32.2 Å². The van der Waals surface area contributed by atoms with E-state index in [9.17, 15) is 5.11 Å². The van der Waals surface area contributed by atoms with Gasteiger partial charge in [-0.25, -0.2) is 0 Å². The second-order valence-electron chi connectivity index (χ2n) is 5.16. The van der Waals surface area contributed by atoms with Gasteiger partial charge in [0, 0.05) is 25.3 Å². The Kier molecular flexibility index (Phi) is 4.22. The molecule has 0 aliphatic carbocycles. The number of nitrogen functional groups attached to an aromatic ring is 1. The van der Waals surface area contributed by atoms with Crippen molar-refractivity contribution in [3.8, 4) is 0 Å². The number of anilines is 1. The minimum absolute atomic E-state index is 0.224. The number of benzene rings is 1. The van der Waals surface area contributed by atoms with Crippen molar-refractivity contribution in [2.24, 2.45) is 0 Å². The van der Waals surface area contributed by atoms with Crippen molar-refractivity contribution < 1.29 is 9.84 Å². The first-order valence-electron chi connectivity index (χ1n) is 6.46. The maximum absolute atomic E-state index is 10.2. The Hall–Kier alpha value is -1.10. The molecule has 1 aromatic rings. The van der Waals surface area contributed by atoms with Gasteiger partial charge in [-0.3, -0.25) is 4.90 Å². The van der Waals surface area contributed by atoms with Gasteiger partial charge in [-0.2, -0.15) is 0 Å². The van der Waals surface area contributed by atoms with Crippen LogP contribution in [0.15, 0.2) is 24.3 Å². The topological polar surface area (TPSA) is 58.7 Å². The number of aliphatic hydroxyl groups is 1. The van der Waals surface area contributed by atoms with E-state index in [0.717, 1.165) is 18.7 Å². The van der Waals surface area contributed by atoms with Crippen LogP contribution in [0.3, 0.4) is 0 Å². The summed E-state index contributed by atoms with van der Waals surface area (Å²) in [6.45, 7) is 6.49. The smallest absolute Gasteiger partial charge is 0.0917 e. The molecule has 0 radical (unpaired) electrons. The van der Waals surface area contributed by atoms with E-state index in [4.69, 9.17) is 10.5 Å². The molecule has 1 aliphatic heterocycles. The maximum atomic E-state index is 10.2. The number of ether oxygens (including phenoxy) is 1.